The standard InChI is InChI=1S/C17H21N3OS/c1-11(2)9-15-19-20-17(22-15)18-16(21)14-8-7-12-5-3-4-6-13(12)10-14/h7-8,10-11H,3-6,9H2,1-2H3,(H,18,20,21). The molecule has 0 fully saturated rings. The van der Waals surface area contributed by atoms with Gasteiger partial charge in [0.1, 0.15) is 5.01 Å². The third-order valence-corrected chi connectivity index (χ3v) is 4.74. The summed E-state index contributed by atoms with van der Waals surface area (Å²) in [6, 6.07) is 6.03. The number of benzene rings is 1. The lowest BCUT2D eigenvalue weighted by Crippen LogP contribution is -2.13. The lowest BCUT2D eigenvalue weighted by atomic mass is 9.90. The molecule has 1 heterocycles. The Morgan fingerprint density at radius 2 is 2.00 bits per heavy atom. The summed E-state index contributed by atoms with van der Waals surface area (Å²) in [5, 5.41) is 12.6. The maximum atomic E-state index is 12.4. The fraction of sp³-hybridized carbons (Fsp3) is 0.471. The molecule has 0 atom stereocenters. The number of nitrogens with zero attached hydrogens (tertiary/aromatic N) is 2. The topological polar surface area (TPSA) is 54.9 Å². The number of hydrogen-bond acceptors (Lipinski definition) is 4. The van der Waals surface area contributed by atoms with Crippen molar-refractivity contribution in [1.29, 1.82) is 0 Å². The van der Waals surface area contributed by atoms with Crippen molar-refractivity contribution >= 4 is 22.4 Å². The molecule has 1 N–H and O–H groups in total. The van der Waals surface area contributed by atoms with Gasteiger partial charge in [-0.05, 0) is 54.9 Å². The van der Waals surface area contributed by atoms with Crippen molar-refractivity contribution < 1.29 is 4.79 Å². The van der Waals surface area contributed by atoms with Crippen molar-refractivity contribution in [2.24, 2.45) is 5.92 Å². The zero-order valence-electron chi connectivity index (χ0n) is 13.1. The van der Waals surface area contributed by atoms with E-state index in [-0.39, 0.29) is 5.91 Å². The normalized spacial score (nSPS) is 14.0. The molecule has 2 aromatic rings. The molecule has 116 valence electrons. The summed E-state index contributed by atoms with van der Waals surface area (Å²) in [7, 11) is 0. The van der Waals surface area contributed by atoms with Crippen LogP contribution in [0, 0.1) is 5.92 Å². The lowest BCUT2D eigenvalue weighted by molar-refractivity contribution is 0.102. The first kappa shape index (κ1) is 15.2. The summed E-state index contributed by atoms with van der Waals surface area (Å²) in [4.78, 5) is 12.4. The van der Waals surface area contributed by atoms with E-state index in [1.54, 1.807) is 0 Å². The molecule has 22 heavy (non-hydrogen) atoms. The second-order valence-electron chi connectivity index (χ2n) is 6.24. The monoisotopic (exact) mass is 315 g/mol. The van der Waals surface area contributed by atoms with Gasteiger partial charge in [-0.15, -0.1) is 10.2 Å². The van der Waals surface area contributed by atoms with Crippen LogP contribution in [0.3, 0.4) is 0 Å². The molecule has 0 unspecified atom stereocenters. The second-order valence-corrected chi connectivity index (χ2v) is 7.31. The molecule has 0 aliphatic heterocycles. The molecule has 3 rings (SSSR count). The number of carbonyl (C=O) groups excluding carboxylic acids is 1. The van der Waals surface area contributed by atoms with Crippen molar-refractivity contribution in [2.75, 3.05) is 5.32 Å². The summed E-state index contributed by atoms with van der Waals surface area (Å²) < 4.78 is 0. The lowest BCUT2D eigenvalue weighted by Gasteiger charge is -2.16. The third-order valence-electron chi connectivity index (χ3n) is 3.88. The number of amides is 1. The summed E-state index contributed by atoms with van der Waals surface area (Å²) in [6.07, 6.45) is 5.57. The number of rotatable bonds is 4. The Hall–Kier alpha value is -1.75. The Kier molecular flexibility index (Phi) is 4.52. The predicted molar refractivity (Wildman–Crippen MR) is 89.5 cm³/mol. The Morgan fingerprint density at radius 3 is 2.77 bits per heavy atom. The molecule has 1 aromatic carbocycles. The highest BCUT2D eigenvalue weighted by atomic mass is 32.1. The summed E-state index contributed by atoms with van der Waals surface area (Å²) in [5.74, 6) is 0.442. The molecule has 4 nitrogen and oxygen atoms in total. The van der Waals surface area contributed by atoms with E-state index in [1.165, 1.54) is 35.3 Å². The highest BCUT2D eigenvalue weighted by molar-refractivity contribution is 7.15. The quantitative estimate of drug-likeness (QED) is 0.932. The number of aryl methyl sites for hydroxylation is 2. The number of anilines is 1. The van der Waals surface area contributed by atoms with Gasteiger partial charge in [0, 0.05) is 12.0 Å². The van der Waals surface area contributed by atoms with Crippen LogP contribution in [0.25, 0.3) is 0 Å². The van der Waals surface area contributed by atoms with Gasteiger partial charge in [0.05, 0.1) is 0 Å². The highest BCUT2D eigenvalue weighted by Crippen LogP contribution is 2.23. The van der Waals surface area contributed by atoms with E-state index in [9.17, 15) is 4.79 Å². The van der Waals surface area contributed by atoms with E-state index in [0.29, 0.717) is 16.6 Å². The number of aromatic nitrogens is 2. The third kappa shape index (κ3) is 3.53. The molecule has 1 aliphatic carbocycles. The number of carbonyl (C=O) groups is 1. The summed E-state index contributed by atoms with van der Waals surface area (Å²) >= 11 is 1.46. The van der Waals surface area contributed by atoms with E-state index in [2.05, 4.69) is 35.4 Å². The Bertz CT molecular complexity index is 678. The van der Waals surface area contributed by atoms with Gasteiger partial charge in [-0.25, -0.2) is 0 Å². The van der Waals surface area contributed by atoms with Crippen molar-refractivity contribution in [3.63, 3.8) is 0 Å². The molecule has 0 saturated heterocycles. The molecule has 1 amide bonds. The van der Waals surface area contributed by atoms with Crippen LogP contribution in [0.15, 0.2) is 18.2 Å². The van der Waals surface area contributed by atoms with Gasteiger partial charge in [-0.2, -0.15) is 0 Å². The molecule has 0 spiro atoms. The van der Waals surface area contributed by atoms with Crippen molar-refractivity contribution in [3.05, 3.63) is 39.9 Å². The fourth-order valence-electron chi connectivity index (χ4n) is 2.78. The van der Waals surface area contributed by atoms with Crippen LogP contribution in [0.5, 0.6) is 0 Å². The molecular weight excluding hydrogens is 294 g/mol. The van der Waals surface area contributed by atoms with Crippen molar-refractivity contribution in [1.82, 2.24) is 10.2 Å². The first-order valence-electron chi connectivity index (χ1n) is 7.87. The van der Waals surface area contributed by atoms with Gasteiger partial charge in [0.25, 0.3) is 5.91 Å². The van der Waals surface area contributed by atoms with Crippen molar-refractivity contribution in [2.45, 2.75) is 46.0 Å². The van der Waals surface area contributed by atoms with Crippen LogP contribution < -0.4 is 5.32 Å². The Morgan fingerprint density at radius 1 is 1.23 bits per heavy atom. The van der Waals surface area contributed by atoms with E-state index < -0.39 is 0 Å². The first-order chi connectivity index (χ1) is 10.6. The molecule has 0 radical (unpaired) electrons. The second kappa shape index (κ2) is 6.57. The number of hydrogen-bond donors (Lipinski definition) is 1. The van der Waals surface area contributed by atoms with Gasteiger partial charge in [-0.3, -0.25) is 10.1 Å². The van der Waals surface area contributed by atoms with E-state index >= 15 is 0 Å². The minimum Gasteiger partial charge on any atom is -0.296 e. The van der Waals surface area contributed by atoms with Crippen LogP contribution in [-0.4, -0.2) is 16.1 Å². The minimum absolute atomic E-state index is 0.0966. The van der Waals surface area contributed by atoms with Crippen LogP contribution in [0.2, 0.25) is 0 Å². The van der Waals surface area contributed by atoms with Gasteiger partial charge in [0.2, 0.25) is 5.13 Å². The maximum absolute atomic E-state index is 12.4. The predicted octanol–water partition coefficient (Wildman–Crippen LogP) is 3.87. The molecule has 0 saturated carbocycles. The van der Waals surface area contributed by atoms with Gasteiger partial charge in [0.15, 0.2) is 0 Å². The number of nitrogens with one attached hydrogen (secondary N) is 1. The molecular formula is C17H21N3OS. The smallest absolute Gasteiger partial charge is 0.257 e. The van der Waals surface area contributed by atoms with Crippen LogP contribution in [0.4, 0.5) is 5.13 Å². The van der Waals surface area contributed by atoms with Crippen molar-refractivity contribution in [3.8, 4) is 0 Å². The SMILES string of the molecule is CC(C)Cc1nnc(NC(=O)c2ccc3c(c2)CCCC3)s1. The van der Waals surface area contributed by atoms with Gasteiger partial charge >= 0.3 is 0 Å². The average Bonchev–Trinajstić information content (AvgIpc) is 2.93. The summed E-state index contributed by atoms with van der Waals surface area (Å²) in [6.45, 7) is 4.29. The Balaban J connectivity index is 1.70. The van der Waals surface area contributed by atoms with Gasteiger partial charge in [-0.1, -0.05) is 31.3 Å². The largest absolute Gasteiger partial charge is 0.296 e. The first-order valence-corrected chi connectivity index (χ1v) is 8.69. The average molecular weight is 315 g/mol. The Labute approximate surface area is 135 Å². The van der Waals surface area contributed by atoms with Crippen LogP contribution in [-0.2, 0) is 19.3 Å². The highest BCUT2D eigenvalue weighted by Gasteiger charge is 2.14. The molecule has 1 aromatic heterocycles. The van der Waals surface area contributed by atoms with Crippen LogP contribution in [0.1, 0.15) is 53.2 Å². The maximum Gasteiger partial charge on any atom is 0.257 e. The summed E-state index contributed by atoms with van der Waals surface area (Å²) in [5.41, 5.74) is 3.41. The van der Waals surface area contributed by atoms with E-state index in [1.807, 2.05) is 12.1 Å². The zero-order valence-corrected chi connectivity index (χ0v) is 13.9. The number of fused-ring (bicyclic) bond motifs is 1. The molecule has 0 bridgehead atoms. The molecule has 1 aliphatic rings. The fourth-order valence-corrected chi connectivity index (χ4v) is 3.73. The van der Waals surface area contributed by atoms with E-state index in [4.69, 9.17) is 0 Å². The minimum atomic E-state index is -0.0966. The van der Waals surface area contributed by atoms with Gasteiger partial charge < -0.3 is 0 Å². The van der Waals surface area contributed by atoms with Crippen LogP contribution >= 0.6 is 11.3 Å². The molecule has 5 heteroatoms. The zero-order chi connectivity index (χ0) is 15.5. The van der Waals surface area contributed by atoms with E-state index in [0.717, 1.165) is 24.3 Å².